The Morgan fingerprint density at radius 3 is 2.64 bits per heavy atom. The van der Waals surface area contributed by atoms with Gasteiger partial charge in [0.2, 0.25) is 0 Å². The molecule has 0 aliphatic rings. The van der Waals surface area contributed by atoms with E-state index in [0.717, 1.165) is 0 Å². The van der Waals surface area contributed by atoms with Gasteiger partial charge in [0.1, 0.15) is 7.85 Å². The highest BCUT2D eigenvalue weighted by Crippen LogP contribution is 2.15. The van der Waals surface area contributed by atoms with E-state index in [1.807, 2.05) is 45.1 Å². The number of benzene rings is 1. The lowest BCUT2D eigenvalue weighted by molar-refractivity contribution is -0.143. The van der Waals surface area contributed by atoms with Crippen LogP contribution in [0.5, 0.6) is 0 Å². The van der Waals surface area contributed by atoms with Gasteiger partial charge in [-0.15, -0.1) is 0 Å². The maximum absolute atomic E-state index is 11.2. The molecule has 0 saturated carbocycles. The van der Waals surface area contributed by atoms with E-state index in [9.17, 15) is 4.79 Å². The zero-order valence-electron chi connectivity index (χ0n) is 8.69. The predicted octanol–water partition coefficient (Wildman–Crippen LogP) is 1.31. The Morgan fingerprint density at radius 1 is 1.43 bits per heavy atom. The molecular weight excluding hydrogens is 175 g/mol. The van der Waals surface area contributed by atoms with Crippen molar-refractivity contribution in [2.75, 3.05) is 6.61 Å². The fraction of sp³-hybridized carbons (Fsp3) is 0.364. The lowest BCUT2D eigenvalue weighted by atomic mass is 9.79. The van der Waals surface area contributed by atoms with E-state index in [4.69, 9.17) is 4.74 Å². The molecule has 3 heteroatoms. The summed E-state index contributed by atoms with van der Waals surface area (Å²) in [5.74, 6) is 0.110. The number of hydrogen-bond donors (Lipinski definition) is 0. The van der Waals surface area contributed by atoms with Gasteiger partial charge in [0.15, 0.2) is 0 Å². The van der Waals surface area contributed by atoms with Gasteiger partial charge < -0.3 is 4.74 Å². The third-order valence-electron chi connectivity index (χ3n) is 2.15. The first-order chi connectivity index (χ1) is 6.74. The minimum atomic E-state index is -0.121. The van der Waals surface area contributed by atoms with Gasteiger partial charge in [0, 0.05) is 6.42 Å². The van der Waals surface area contributed by atoms with Crippen LogP contribution in [-0.2, 0) is 9.53 Å². The molecule has 1 aromatic carbocycles. The highest BCUT2D eigenvalue weighted by atomic mass is 16.5. The van der Waals surface area contributed by atoms with Crippen LogP contribution in [-0.4, -0.2) is 20.4 Å². The minimum Gasteiger partial charge on any atom is -0.466 e. The number of rotatable bonds is 4. The van der Waals surface area contributed by atoms with Crippen LogP contribution in [0.1, 0.15) is 24.7 Å². The monoisotopic (exact) mass is 190 g/mol. The Morgan fingerprint density at radius 2 is 2.07 bits per heavy atom. The van der Waals surface area contributed by atoms with E-state index in [1.54, 1.807) is 0 Å². The fourth-order valence-electron chi connectivity index (χ4n) is 1.37. The maximum atomic E-state index is 11.2. The molecule has 74 valence electrons. The van der Waals surface area contributed by atoms with Crippen molar-refractivity contribution < 1.29 is 9.53 Å². The van der Waals surface area contributed by atoms with Crippen LogP contribution in [0.2, 0.25) is 0 Å². The minimum absolute atomic E-state index is 0.121. The summed E-state index contributed by atoms with van der Waals surface area (Å²) in [7, 11) is 2.03. The van der Waals surface area contributed by atoms with Crippen LogP contribution in [0.25, 0.3) is 0 Å². The van der Waals surface area contributed by atoms with Gasteiger partial charge >= 0.3 is 5.97 Å². The van der Waals surface area contributed by atoms with E-state index in [0.29, 0.717) is 13.0 Å². The highest BCUT2D eigenvalue weighted by molar-refractivity contribution is 6.13. The van der Waals surface area contributed by atoms with Crippen LogP contribution in [0, 0.1) is 0 Å². The van der Waals surface area contributed by atoms with Crippen molar-refractivity contribution in [3.63, 3.8) is 0 Å². The number of esters is 1. The van der Waals surface area contributed by atoms with Crippen LogP contribution in [0.15, 0.2) is 30.3 Å². The summed E-state index contributed by atoms with van der Waals surface area (Å²) in [6.07, 6.45) is 0.456. The fourth-order valence-corrected chi connectivity index (χ4v) is 1.37. The standard InChI is InChI=1S/C11H15BO2/c1-2-14-11(13)8-10(12)9-6-4-3-5-7-9/h3-7,10H,2,8,12H2,1H3/t10-/m1/s1. The molecule has 1 rings (SSSR count). The number of hydrogen-bond acceptors (Lipinski definition) is 2. The summed E-state index contributed by atoms with van der Waals surface area (Å²) >= 11 is 0. The molecule has 0 aliphatic heterocycles. The molecule has 0 radical (unpaired) electrons. The average molecular weight is 190 g/mol. The molecule has 0 amide bonds. The molecule has 14 heavy (non-hydrogen) atoms. The molecule has 0 spiro atoms. The predicted molar refractivity (Wildman–Crippen MR) is 59.0 cm³/mol. The lowest BCUT2D eigenvalue weighted by Gasteiger charge is -2.10. The summed E-state index contributed by atoms with van der Waals surface area (Å²) < 4.78 is 4.90. The lowest BCUT2D eigenvalue weighted by Crippen LogP contribution is -2.10. The first-order valence-electron chi connectivity index (χ1n) is 4.94. The van der Waals surface area contributed by atoms with Crippen LogP contribution in [0.3, 0.4) is 0 Å². The van der Waals surface area contributed by atoms with Gasteiger partial charge in [0.25, 0.3) is 0 Å². The molecule has 0 aromatic heterocycles. The summed E-state index contributed by atoms with van der Waals surface area (Å²) in [6, 6.07) is 10.0. The van der Waals surface area contributed by atoms with Gasteiger partial charge in [-0.2, -0.15) is 0 Å². The Hall–Kier alpha value is -1.25. The highest BCUT2D eigenvalue weighted by Gasteiger charge is 2.10. The first-order valence-corrected chi connectivity index (χ1v) is 4.94. The summed E-state index contributed by atoms with van der Waals surface area (Å²) in [5.41, 5.74) is 1.18. The summed E-state index contributed by atoms with van der Waals surface area (Å²) in [6.45, 7) is 2.28. The second-order valence-corrected chi connectivity index (χ2v) is 3.32. The Labute approximate surface area is 85.7 Å². The zero-order chi connectivity index (χ0) is 10.4. The Bertz CT molecular complexity index is 285. The summed E-state index contributed by atoms with van der Waals surface area (Å²) in [5, 5.41) is 0. The zero-order valence-corrected chi connectivity index (χ0v) is 8.69. The topological polar surface area (TPSA) is 26.3 Å². The average Bonchev–Trinajstić information content (AvgIpc) is 2.19. The molecule has 0 bridgehead atoms. The van der Waals surface area contributed by atoms with Crippen molar-refractivity contribution in [1.82, 2.24) is 0 Å². The van der Waals surface area contributed by atoms with Crippen LogP contribution >= 0.6 is 0 Å². The number of carbonyl (C=O) groups excluding carboxylic acids is 1. The van der Waals surface area contributed by atoms with Gasteiger partial charge in [-0.25, -0.2) is 0 Å². The molecule has 1 atom stereocenters. The van der Waals surface area contributed by atoms with E-state index < -0.39 is 0 Å². The van der Waals surface area contributed by atoms with Crippen molar-refractivity contribution in [3.8, 4) is 0 Å². The van der Waals surface area contributed by atoms with Crippen molar-refractivity contribution in [2.24, 2.45) is 0 Å². The van der Waals surface area contributed by atoms with E-state index in [1.165, 1.54) is 5.56 Å². The molecule has 0 heterocycles. The number of carbonyl (C=O) groups is 1. The van der Waals surface area contributed by atoms with Crippen LogP contribution in [0.4, 0.5) is 0 Å². The second kappa shape index (κ2) is 5.48. The molecular formula is C11H15BO2. The largest absolute Gasteiger partial charge is 0.466 e. The molecule has 0 aliphatic carbocycles. The van der Waals surface area contributed by atoms with Crippen molar-refractivity contribution in [3.05, 3.63) is 35.9 Å². The van der Waals surface area contributed by atoms with Crippen LogP contribution < -0.4 is 0 Å². The third-order valence-corrected chi connectivity index (χ3v) is 2.15. The van der Waals surface area contributed by atoms with Gasteiger partial charge in [-0.1, -0.05) is 35.9 Å². The maximum Gasteiger partial charge on any atom is 0.305 e. The third kappa shape index (κ3) is 3.25. The Balaban J connectivity index is 2.50. The Kier molecular flexibility index (Phi) is 4.24. The molecule has 0 fully saturated rings. The van der Waals surface area contributed by atoms with Gasteiger partial charge in [-0.05, 0) is 12.7 Å². The van der Waals surface area contributed by atoms with Gasteiger partial charge in [-0.3, -0.25) is 4.79 Å². The van der Waals surface area contributed by atoms with Crippen molar-refractivity contribution in [1.29, 1.82) is 0 Å². The molecule has 2 nitrogen and oxygen atoms in total. The first kappa shape index (κ1) is 10.8. The molecule has 1 aromatic rings. The van der Waals surface area contributed by atoms with E-state index >= 15 is 0 Å². The van der Waals surface area contributed by atoms with Gasteiger partial charge in [0.05, 0.1) is 6.61 Å². The molecule has 0 unspecified atom stereocenters. The summed E-state index contributed by atoms with van der Waals surface area (Å²) in [4.78, 5) is 11.2. The molecule has 0 N–H and O–H groups in total. The SMILES string of the molecule is B[C@H](CC(=O)OCC)c1ccccc1. The van der Waals surface area contributed by atoms with E-state index in [-0.39, 0.29) is 11.8 Å². The quantitative estimate of drug-likeness (QED) is 0.528. The van der Waals surface area contributed by atoms with Crippen molar-refractivity contribution >= 4 is 13.8 Å². The second-order valence-electron chi connectivity index (χ2n) is 3.32. The molecule has 0 saturated heterocycles. The number of ether oxygens (including phenoxy) is 1. The van der Waals surface area contributed by atoms with Crippen molar-refractivity contribution in [2.45, 2.75) is 19.2 Å². The van der Waals surface area contributed by atoms with E-state index in [2.05, 4.69) is 0 Å². The smallest absolute Gasteiger partial charge is 0.305 e. The normalized spacial score (nSPS) is 12.1.